The van der Waals surface area contributed by atoms with Crippen LogP contribution in [0.3, 0.4) is 0 Å². The molecule has 5 nitrogen and oxygen atoms in total. The third-order valence-electron chi connectivity index (χ3n) is 3.73. The summed E-state index contributed by atoms with van der Waals surface area (Å²) in [6.07, 6.45) is 1.71. The molecule has 2 amide bonds. The molecule has 0 aromatic heterocycles. The highest BCUT2D eigenvalue weighted by atomic mass is 79.9. The Balaban J connectivity index is 2.20. The zero-order chi connectivity index (χ0) is 18.9. The van der Waals surface area contributed by atoms with Crippen LogP contribution in [0.2, 0.25) is 0 Å². The smallest absolute Gasteiger partial charge is 0.314 e. The second-order valence-corrected chi connectivity index (χ2v) is 8.29. The highest BCUT2D eigenvalue weighted by Gasteiger charge is 2.15. The average Bonchev–Trinajstić information content (AvgIpc) is 2.51. The number of nitrogens with one attached hydrogen (secondary N) is 2. The standard InChI is InChI=1S/C19H32BrN3O2/c1-19(2,3)15-8-9-17(16(20)14-15)25-13-7-11-22-18(24)21-10-6-12-23(4)5/h8-9,14H,6-7,10-13H2,1-5H3,(H2,21,22,24). The molecule has 2 N–H and O–H groups in total. The molecule has 0 atom stereocenters. The molecule has 0 bridgehead atoms. The third-order valence-corrected chi connectivity index (χ3v) is 4.35. The lowest BCUT2D eigenvalue weighted by molar-refractivity contribution is 0.238. The zero-order valence-corrected chi connectivity index (χ0v) is 17.7. The monoisotopic (exact) mass is 413 g/mol. The van der Waals surface area contributed by atoms with Crippen LogP contribution in [0.4, 0.5) is 4.79 Å². The largest absolute Gasteiger partial charge is 0.492 e. The minimum atomic E-state index is -0.116. The van der Waals surface area contributed by atoms with Gasteiger partial charge in [-0.3, -0.25) is 0 Å². The summed E-state index contributed by atoms with van der Waals surface area (Å²) in [4.78, 5) is 13.7. The summed E-state index contributed by atoms with van der Waals surface area (Å²) in [5.41, 5.74) is 1.38. The first-order valence-electron chi connectivity index (χ1n) is 8.79. The highest BCUT2D eigenvalue weighted by Crippen LogP contribution is 2.31. The molecule has 0 aliphatic rings. The van der Waals surface area contributed by atoms with Crippen LogP contribution in [0.15, 0.2) is 22.7 Å². The van der Waals surface area contributed by atoms with E-state index < -0.39 is 0 Å². The first-order chi connectivity index (χ1) is 11.7. The number of amides is 2. The van der Waals surface area contributed by atoms with Gasteiger partial charge in [-0.15, -0.1) is 0 Å². The molecular formula is C19H32BrN3O2. The number of halogens is 1. The Hall–Kier alpha value is -1.27. The summed E-state index contributed by atoms with van der Waals surface area (Å²) in [7, 11) is 4.05. The molecule has 1 aromatic carbocycles. The van der Waals surface area contributed by atoms with Gasteiger partial charge in [-0.2, -0.15) is 0 Å². The van der Waals surface area contributed by atoms with Crippen molar-refractivity contribution in [1.82, 2.24) is 15.5 Å². The van der Waals surface area contributed by atoms with Crippen molar-refractivity contribution >= 4 is 22.0 Å². The molecule has 142 valence electrons. The lowest BCUT2D eigenvalue weighted by Crippen LogP contribution is -2.37. The normalized spacial score (nSPS) is 11.5. The molecule has 25 heavy (non-hydrogen) atoms. The van der Waals surface area contributed by atoms with E-state index in [1.165, 1.54) is 5.56 Å². The van der Waals surface area contributed by atoms with Crippen molar-refractivity contribution in [3.8, 4) is 5.75 Å². The van der Waals surface area contributed by atoms with E-state index >= 15 is 0 Å². The zero-order valence-electron chi connectivity index (χ0n) is 16.1. The van der Waals surface area contributed by atoms with Crippen LogP contribution in [-0.4, -0.2) is 51.3 Å². The summed E-state index contributed by atoms with van der Waals surface area (Å²) < 4.78 is 6.75. The number of urea groups is 1. The van der Waals surface area contributed by atoms with Crippen LogP contribution in [-0.2, 0) is 5.41 Å². The van der Waals surface area contributed by atoms with Crippen molar-refractivity contribution in [2.75, 3.05) is 40.3 Å². The van der Waals surface area contributed by atoms with Crippen LogP contribution in [0, 0.1) is 0 Å². The summed E-state index contributed by atoms with van der Waals surface area (Å²) in [5.74, 6) is 0.834. The minimum Gasteiger partial charge on any atom is -0.492 e. The lowest BCUT2D eigenvalue weighted by Gasteiger charge is -2.20. The molecule has 0 fully saturated rings. The average molecular weight is 414 g/mol. The predicted molar refractivity (Wildman–Crippen MR) is 108 cm³/mol. The molecular weight excluding hydrogens is 382 g/mol. The van der Waals surface area contributed by atoms with Gasteiger partial charge in [-0.05, 0) is 72.5 Å². The van der Waals surface area contributed by atoms with Gasteiger partial charge in [0.15, 0.2) is 0 Å². The first kappa shape index (κ1) is 21.8. The van der Waals surface area contributed by atoms with Crippen molar-refractivity contribution in [1.29, 1.82) is 0 Å². The minimum absolute atomic E-state index is 0.116. The lowest BCUT2D eigenvalue weighted by atomic mass is 9.87. The van der Waals surface area contributed by atoms with Crippen LogP contribution in [0.5, 0.6) is 5.75 Å². The molecule has 0 saturated heterocycles. The fourth-order valence-electron chi connectivity index (χ4n) is 2.20. The van der Waals surface area contributed by atoms with E-state index in [-0.39, 0.29) is 11.4 Å². The van der Waals surface area contributed by atoms with E-state index in [2.05, 4.69) is 64.4 Å². The molecule has 0 heterocycles. The number of hydrogen-bond acceptors (Lipinski definition) is 3. The number of hydrogen-bond donors (Lipinski definition) is 2. The maximum Gasteiger partial charge on any atom is 0.314 e. The SMILES string of the molecule is CN(C)CCCNC(=O)NCCCOc1ccc(C(C)(C)C)cc1Br. The van der Waals surface area contributed by atoms with E-state index in [1.807, 2.05) is 20.2 Å². The molecule has 0 unspecified atom stereocenters. The number of benzene rings is 1. The number of nitrogens with zero attached hydrogens (tertiary/aromatic N) is 1. The van der Waals surface area contributed by atoms with Crippen LogP contribution in [0.1, 0.15) is 39.2 Å². The highest BCUT2D eigenvalue weighted by molar-refractivity contribution is 9.10. The van der Waals surface area contributed by atoms with Crippen molar-refractivity contribution in [2.45, 2.75) is 39.0 Å². The topological polar surface area (TPSA) is 53.6 Å². The summed E-state index contributed by atoms with van der Waals surface area (Å²) >= 11 is 3.57. The Kier molecular flexibility index (Phi) is 9.28. The van der Waals surface area contributed by atoms with Crippen LogP contribution >= 0.6 is 15.9 Å². The fraction of sp³-hybridized carbons (Fsp3) is 0.632. The van der Waals surface area contributed by atoms with E-state index in [0.29, 0.717) is 19.7 Å². The van der Waals surface area contributed by atoms with E-state index in [0.717, 1.165) is 29.6 Å². The van der Waals surface area contributed by atoms with Crippen LogP contribution in [0.25, 0.3) is 0 Å². The predicted octanol–water partition coefficient (Wildman–Crippen LogP) is 3.77. The molecule has 0 spiro atoms. The Morgan fingerprint density at radius 1 is 1.16 bits per heavy atom. The summed E-state index contributed by atoms with van der Waals surface area (Å²) in [5, 5.41) is 5.70. The number of carbonyl (C=O) groups is 1. The molecule has 6 heteroatoms. The third kappa shape index (κ3) is 9.12. The van der Waals surface area contributed by atoms with Gasteiger partial charge >= 0.3 is 6.03 Å². The number of rotatable bonds is 9. The first-order valence-corrected chi connectivity index (χ1v) is 9.58. The molecule has 1 rings (SSSR count). The summed E-state index contributed by atoms with van der Waals surface area (Å²) in [6, 6.07) is 6.08. The Labute approximate surface area is 160 Å². The number of carbonyl (C=O) groups excluding carboxylic acids is 1. The number of ether oxygens (including phenoxy) is 1. The van der Waals surface area contributed by atoms with Crippen LogP contribution < -0.4 is 15.4 Å². The van der Waals surface area contributed by atoms with Crippen molar-refractivity contribution in [3.63, 3.8) is 0 Å². The van der Waals surface area contributed by atoms with Gasteiger partial charge in [0.25, 0.3) is 0 Å². The maximum absolute atomic E-state index is 11.6. The van der Waals surface area contributed by atoms with Crippen molar-refractivity contribution in [2.24, 2.45) is 0 Å². The summed E-state index contributed by atoms with van der Waals surface area (Å²) in [6.45, 7) is 9.38. The van der Waals surface area contributed by atoms with E-state index in [1.54, 1.807) is 0 Å². The maximum atomic E-state index is 11.6. The van der Waals surface area contributed by atoms with Gasteiger partial charge in [0.2, 0.25) is 0 Å². The van der Waals surface area contributed by atoms with E-state index in [9.17, 15) is 4.79 Å². The second-order valence-electron chi connectivity index (χ2n) is 7.44. The fourth-order valence-corrected chi connectivity index (χ4v) is 2.69. The van der Waals surface area contributed by atoms with Crippen molar-refractivity contribution < 1.29 is 9.53 Å². The molecule has 0 radical (unpaired) electrons. The van der Waals surface area contributed by atoms with Gasteiger partial charge < -0.3 is 20.3 Å². The van der Waals surface area contributed by atoms with Gasteiger partial charge in [0.05, 0.1) is 11.1 Å². The molecule has 0 saturated carbocycles. The van der Waals surface area contributed by atoms with Gasteiger partial charge in [0.1, 0.15) is 5.75 Å². The Morgan fingerprint density at radius 2 is 1.80 bits per heavy atom. The molecule has 0 aliphatic carbocycles. The Bertz CT molecular complexity index is 542. The van der Waals surface area contributed by atoms with Gasteiger partial charge in [-0.1, -0.05) is 26.8 Å². The van der Waals surface area contributed by atoms with E-state index in [4.69, 9.17) is 4.74 Å². The molecule has 0 aliphatic heterocycles. The van der Waals surface area contributed by atoms with Gasteiger partial charge in [0, 0.05) is 13.1 Å². The molecule has 1 aromatic rings. The quantitative estimate of drug-likeness (QED) is 0.605. The van der Waals surface area contributed by atoms with Crippen molar-refractivity contribution in [3.05, 3.63) is 28.2 Å². The van der Waals surface area contributed by atoms with Gasteiger partial charge in [-0.25, -0.2) is 4.79 Å². The second kappa shape index (κ2) is 10.7. The Morgan fingerprint density at radius 3 is 2.36 bits per heavy atom.